The Hall–Kier alpha value is -1.69. The molecule has 0 bridgehead atoms. The van der Waals surface area contributed by atoms with Crippen LogP contribution in [0.5, 0.6) is 0 Å². The number of hydrogen-bond donors (Lipinski definition) is 1. The first-order valence-electron chi connectivity index (χ1n) is 5.90. The fraction of sp³-hybridized carbons (Fsp3) is 0.417. The number of aryl methyl sites for hydroxylation is 1. The number of nitrogens with zero attached hydrogens (tertiary/aromatic N) is 3. The van der Waals surface area contributed by atoms with Gasteiger partial charge in [0.15, 0.2) is 5.82 Å². The lowest BCUT2D eigenvalue weighted by Gasteiger charge is -2.18. The highest BCUT2D eigenvalue weighted by Gasteiger charge is 2.26. The number of aromatic nitrogens is 3. The summed E-state index contributed by atoms with van der Waals surface area (Å²) in [5.74, 6) is 0.641. The number of rotatable bonds is 3. The number of carbonyl (C=O) groups is 1. The summed E-state index contributed by atoms with van der Waals surface area (Å²) >= 11 is 1.69. The van der Waals surface area contributed by atoms with Crippen LogP contribution in [0.2, 0.25) is 0 Å². The molecule has 0 spiro atoms. The molecule has 0 aliphatic carbocycles. The number of thiophene rings is 1. The van der Waals surface area contributed by atoms with Crippen LogP contribution in [0.3, 0.4) is 0 Å². The molecule has 0 fully saturated rings. The molecule has 5 nitrogen and oxygen atoms in total. The summed E-state index contributed by atoms with van der Waals surface area (Å²) in [6.45, 7) is 0.447. The van der Waals surface area contributed by atoms with Gasteiger partial charge >= 0.3 is 5.97 Å². The highest BCUT2D eigenvalue weighted by molar-refractivity contribution is 7.09. The van der Waals surface area contributed by atoms with E-state index in [0.29, 0.717) is 19.4 Å². The maximum Gasteiger partial charge on any atom is 0.308 e. The lowest BCUT2D eigenvalue weighted by molar-refractivity contribution is -0.142. The molecule has 18 heavy (non-hydrogen) atoms. The minimum atomic E-state index is -0.740. The molecular weight excluding hydrogens is 250 g/mol. The molecule has 3 rings (SSSR count). The van der Waals surface area contributed by atoms with Crippen molar-refractivity contribution in [2.75, 3.05) is 0 Å². The van der Waals surface area contributed by atoms with E-state index >= 15 is 0 Å². The zero-order valence-corrected chi connectivity index (χ0v) is 10.6. The average Bonchev–Trinajstić information content (AvgIpc) is 2.96. The van der Waals surface area contributed by atoms with Crippen molar-refractivity contribution in [3.8, 4) is 0 Å². The van der Waals surface area contributed by atoms with Gasteiger partial charge in [-0.2, -0.15) is 5.10 Å². The van der Waals surface area contributed by atoms with E-state index in [0.717, 1.165) is 18.1 Å². The molecule has 1 N–H and O–H groups in total. The molecule has 1 aliphatic heterocycles. The van der Waals surface area contributed by atoms with Gasteiger partial charge in [0.05, 0.1) is 12.5 Å². The monoisotopic (exact) mass is 263 g/mol. The van der Waals surface area contributed by atoms with Crippen molar-refractivity contribution in [3.63, 3.8) is 0 Å². The highest BCUT2D eigenvalue weighted by Crippen LogP contribution is 2.20. The summed E-state index contributed by atoms with van der Waals surface area (Å²) in [7, 11) is 0. The SMILES string of the molecule is O=C(O)C1CCc2nc(Cc3cccs3)nn2C1. The standard InChI is InChI=1S/C12H13N3O2S/c16-12(17)8-3-4-11-13-10(14-15(11)7-8)6-9-2-1-5-18-9/h1-2,5,8H,3-4,6-7H2,(H,16,17). The Morgan fingerprint density at radius 1 is 1.61 bits per heavy atom. The molecule has 1 unspecified atom stereocenters. The van der Waals surface area contributed by atoms with Gasteiger partial charge in [0.1, 0.15) is 5.82 Å². The molecule has 3 heterocycles. The largest absolute Gasteiger partial charge is 0.481 e. The normalized spacial score (nSPS) is 18.6. The van der Waals surface area contributed by atoms with Gasteiger partial charge in [-0.1, -0.05) is 6.07 Å². The molecule has 1 atom stereocenters. The first-order valence-corrected chi connectivity index (χ1v) is 6.78. The molecule has 0 saturated heterocycles. The molecule has 0 aromatic carbocycles. The van der Waals surface area contributed by atoms with Crippen LogP contribution in [0.1, 0.15) is 22.9 Å². The quantitative estimate of drug-likeness (QED) is 0.912. The van der Waals surface area contributed by atoms with Gasteiger partial charge in [0, 0.05) is 17.7 Å². The van der Waals surface area contributed by atoms with Crippen molar-refractivity contribution < 1.29 is 9.90 Å². The number of aliphatic carboxylic acids is 1. The third-order valence-corrected chi connectivity index (χ3v) is 4.04. The van der Waals surface area contributed by atoms with Gasteiger partial charge in [-0.25, -0.2) is 9.67 Å². The van der Waals surface area contributed by atoms with Crippen molar-refractivity contribution in [1.82, 2.24) is 14.8 Å². The second-order valence-corrected chi connectivity index (χ2v) is 5.49. The summed E-state index contributed by atoms with van der Waals surface area (Å²) in [6, 6.07) is 4.07. The Kier molecular flexibility index (Phi) is 2.87. The van der Waals surface area contributed by atoms with Crippen LogP contribution in [0.4, 0.5) is 0 Å². The van der Waals surface area contributed by atoms with E-state index in [9.17, 15) is 4.79 Å². The van der Waals surface area contributed by atoms with E-state index < -0.39 is 5.97 Å². The molecule has 2 aromatic rings. The van der Waals surface area contributed by atoms with Gasteiger partial charge in [-0.3, -0.25) is 4.79 Å². The van der Waals surface area contributed by atoms with Gasteiger partial charge in [0.25, 0.3) is 0 Å². The van der Waals surface area contributed by atoms with Crippen molar-refractivity contribution in [2.24, 2.45) is 5.92 Å². The van der Waals surface area contributed by atoms with E-state index in [-0.39, 0.29) is 5.92 Å². The van der Waals surface area contributed by atoms with Crippen molar-refractivity contribution >= 4 is 17.3 Å². The van der Waals surface area contributed by atoms with Crippen LogP contribution in [0.25, 0.3) is 0 Å². The molecular formula is C12H13N3O2S. The van der Waals surface area contributed by atoms with E-state index in [1.165, 1.54) is 4.88 Å². The lowest BCUT2D eigenvalue weighted by atomic mass is 10.0. The summed E-state index contributed by atoms with van der Waals surface area (Å²) in [4.78, 5) is 16.7. The minimum absolute atomic E-state index is 0.325. The van der Waals surface area contributed by atoms with Crippen molar-refractivity contribution in [2.45, 2.75) is 25.8 Å². The van der Waals surface area contributed by atoms with Crippen LogP contribution in [0, 0.1) is 5.92 Å². The van der Waals surface area contributed by atoms with E-state index in [2.05, 4.69) is 16.1 Å². The minimum Gasteiger partial charge on any atom is -0.481 e. The molecule has 1 aliphatic rings. The zero-order valence-electron chi connectivity index (χ0n) is 9.74. The Bertz CT molecular complexity index is 562. The summed E-state index contributed by atoms with van der Waals surface area (Å²) in [5.41, 5.74) is 0. The third kappa shape index (κ3) is 2.15. The molecule has 6 heteroatoms. The maximum atomic E-state index is 11.0. The predicted octanol–water partition coefficient (Wildman–Crippen LogP) is 1.58. The van der Waals surface area contributed by atoms with Crippen LogP contribution >= 0.6 is 11.3 Å². The predicted molar refractivity (Wildman–Crippen MR) is 66.6 cm³/mol. The van der Waals surface area contributed by atoms with E-state index in [4.69, 9.17) is 5.11 Å². The molecule has 94 valence electrons. The first kappa shape index (κ1) is 11.4. The van der Waals surface area contributed by atoms with Crippen LogP contribution < -0.4 is 0 Å². The van der Waals surface area contributed by atoms with Crippen molar-refractivity contribution in [1.29, 1.82) is 0 Å². The molecule has 0 amide bonds. The number of carboxylic acids is 1. The highest BCUT2D eigenvalue weighted by atomic mass is 32.1. The summed E-state index contributed by atoms with van der Waals surface area (Å²) < 4.78 is 1.76. The molecule has 0 radical (unpaired) electrons. The van der Waals surface area contributed by atoms with Crippen LogP contribution in [-0.2, 0) is 24.2 Å². The topological polar surface area (TPSA) is 68.0 Å². The maximum absolute atomic E-state index is 11.0. The number of hydrogen-bond acceptors (Lipinski definition) is 4. The second kappa shape index (κ2) is 4.53. The Morgan fingerprint density at radius 3 is 3.22 bits per heavy atom. The average molecular weight is 263 g/mol. The Balaban J connectivity index is 1.78. The summed E-state index contributed by atoms with van der Waals surface area (Å²) in [6.07, 6.45) is 2.09. The number of carboxylic acid groups (broad SMARTS) is 1. The first-order chi connectivity index (χ1) is 8.72. The van der Waals surface area contributed by atoms with Gasteiger partial charge < -0.3 is 5.11 Å². The molecule has 0 saturated carbocycles. The zero-order chi connectivity index (χ0) is 12.5. The lowest BCUT2D eigenvalue weighted by Crippen LogP contribution is -2.27. The van der Waals surface area contributed by atoms with Gasteiger partial charge in [-0.15, -0.1) is 11.3 Å². The second-order valence-electron chi connectivity index (χ2n) is 4.46. The summed E-state index contributed by atoms with van der Waals surface area (Å²) in [5, 5.41) is 15.5. The van der Waals surface area contributed by atoms with Gasteiger partial charge in [-0.05, 0) is 17.9 Å². The third-order valence-electron chi connectivity index (χ3n) is 3.16. The van der Waals surface area contributed by atoms with Crippen LogP contribution in [0.15, 0.2) is 17.5 Å². The smallest absolute Gasteiger partial charge is 0.308 e. The van der Waals surface area contributed by atoms with E-state index in [1.807, 2.05) is 11.4 Å². The van der Waals surface area contributed by atoms with Gasteiger partial charge in [0.2, 0.25) is 0 Å². The van der Waals surface area contributed by atoms with Crippen molar-refractivity contribution in [3.05, 3.63) is 34.0 Å². The number of fused-ring (bicyclic) bond motifs is 1. The fourth-order valence-electron chi connectivity index (χ4n) is 2.21. The van der Waals surface area contributed by atoms with E-state index in [1.54, 1.807) is 16.0 Å². The Labute approximate surface area is 108 Å². The Morgan fingerprint density at radius 2 is 2.50 bits per heavy atom. The van der Waals surface area contributed by atoms with Crippen LogP contribution in [-0.4, -0.2) is 25.8 Å². The molecule has 2 aromatic heterocycles. The fourth-order valence-corrected chi connectivity index (χ4v) is 2.91.